The number of carbonyl (C=O) groups is 1. The van der Waals surface area contributed by atoms with Crippen LogP contribution in [-0.4, -0.2) is 43.0 Å². The van der Waals surface area contributed by atoms with E-state index in [2.05, 4.69) is 42.3 Å². The molecule has 5 atom stereocenters. The Balaban J connectivity index is 1.44. The number of hydrogen-bond donors (Lipinski definition) is 2. The lowest BCUT2D eigenvalue weighted by Crippen LogP contribution is -2.49. The van der Waals surface area contributed by atoms with Crippen LogP contribution in [0.1, 0.15) is 45.6 Å². The van der Waals surface area contributed by atoms with Crippen molar-refractivity contribution < 1.29 is 14.6 Å². The summed E-state index contributed by atoms with van der Waals surface area (Å²) < 4.78 is 5.70. The predicted octanol–water partition coefficient (Wildman–Crippen LogP) is 4.48. The van der Waals surface area contributed by atoms with Gasteiger partial charge in [0.25, 0.3) is 5.91 Å². The summed E-state index contributed by atoms with van der Waals surface area (Å²) >= 11 is 0. The molecular weight excluding hydrogens is 426 g/mol. The number of rotatable bonds is 5. The Morgan fingerprint density at radius 1 is 1.09 bits per heavy atom. The van der Waals surface area contributed by atoms with Gasteiger partial charge in [-0.3, -0.25) is 4.79 Å². The highest BCUT2D eigenvalue weighted by molar-refractivity contribution is 6.02. The molecule has 2 saturated heterocycles. The van der Waals surface area contributed by atoms with Crippen LogP contribution < -0.4 is 10.2 Å². The average molecular weight is 462 g/mol. The standard InChI is InChI=1S/C28H35N3O3/c1-18-19(2)26(34-28(33)20(18)3)17-30-27(32)24(16-29)14-21-7-8-23-15-25(10-9-22(23)13-21)31-11-5-4-6-12-31/h7-10,13-15,18-20,26,28,33H,4-6,11-12,17H2,1-3H3,(H,30,32)/b24-14+/t18?,19?,20?,26-,28?/m1/s1. The SMILES string of the molecule is CC1C(O)O[C@H](CNC(=O)/C(C#N)=C/c2ccc3cc(N4CCCCC4)ccc3c2)C(C)C1C. The molecule has 2 fully saturated rings. The number of nitriles is 1. The molecule has 2 N–H and O–H groups in total. The number of benzene rings is 2. The molecule has 0 aliphatic carbocycles. The fourth-order valence-electron chi connectivity index (χ4n) is 5.03. The summed E-state index contributed by atoms with van der Waals surface area (Å²) in [4.78, 5) is 15.1. The van der Waals surface area contributed by atoms with Gasteiger partial charge in [0.1, 0.15) is 11.6 Å². The lowest BCUT2D eigenvalue weighted by atomic mass is 9.79. The fraction of sp³-hybridized carbons (Fsp3) is 0.500. The minimum Gasteiger partial charge on any atom is -0.372 e. The number of carbonyl (C=O) groups excluding carboxylic acids is 1. The first kappa shape index (κ1) is 24.3. The Morgan fingerprint density at radius 2 is 1.79 bits per heavy atom. The molecule has 180 valence electrons. The molecule has 2 aliphatic rings. The minimum atomic E-state index is -0.841. The molecule has 1 amide bonds. The summed E-state index contributed by atoms with van der Waals surface area (Å²) in [6, 6.07) is 14.5. The molecule has 0 aromatic heterocycles. The second kappa shape index (κ2) is 10.6. The summed E-state index contributed by atoms with van der Waals surface area (Å²) in [6.45, 7) is 8.59. The Bertz CT molecular complexity index is 1100. The molecule has 4 rings (SSSR count). The van der Waals surface area contributed by atoms with Crippen molar-refractivity contribution in [3.8, 4) is 6.07 Å². The maximum atomic E-state index is 12.7. The highest BCUT2D eigenvalue weighted by Crippen LogP contribution is 2.33. The van der Waals surface area contributed by atoms with E-state index in [0.29, 0.717) is 0 Å². The number of aliphatic hydroxyl groups is 1. The van der Waals surface area contributed by atoms with Crippen LogP contribution in [0, 0.1) is 29.1 Å². The number of aliphatic hydroxyl groups excluding tert-OH is 1. The van der Waals surface area contributed by atoms with Gasteiger partial charge in [0, 0.05) is 31.2 Å². The van der Waals surface area contributed by atoms with E-state index in [-0.39, 0.29) is 36.0 Å². The highest BCUT2D eigenvalue weighted by Gasteiger charge is 2.38. The van der Waals surface area contributed by atoms with Gasteiger partial charge in [-0.2, -0.15) is 5.26 Å². The van der Waals surface area contributed by atoms with Gasteiger partial charge in [0.05, 0.1) is 6.10 Å². The van der Waals surface area contributed by atoms with E-state index < -0.39 is 12.2 Å². The fourth-order valence-corrected chi connectivity index (χ4v) is 5.03. The molecule has 2 aromatic carbocycles. The molecule has 34 heavy (non-hydrogen) atoms. The Labute approximate surface area is 202 Å². The molecule has 0 spiro atoms. The van der Waals surface area contributed by atoms with Crippen LogP contribution in [0.25, 0.3) is 16.8 Å². The normalized spacial score (nSPS) is 27.9. The van der Waals surface area contributed by atoms with E-state index in [0.717, 1.165) is 29.4 Å². The third-order valence-corrected chi connectivity index (χ3v) is 7.72. The summed E-state index contributed by atoms with van der Waals surface area (Å²) in [5.74, 6) is 0.0631. The van der Waals surface area contributed by atoms with Gasteiger partial charge in [-0.15, -0.1) is 0 Å². The van der Waals surface area contributed by atoms with Crippen LogP contribution >= 0.6 is 0 Å². The summed E-state index contributed by atoms with van der Waals surface area (Å²) in [5.41, 5.74) is 2.11. The van der Waals surface area contributed by atoms with Crippen molar-refractivity contribution in [2.45, 2.75) is 52.4 Å². The predicted molar refractivity (Wildman–Crippen MR) is 135 cm³/mol. The number of nitrogens with zero attached hydrogens (tertiary/aromatic N) is 2. The van der Waals surface area contributed by atoms with Gasteiger partial charge in [-0.1, -0.05) is 39.0 Å². The third-order valence-electron chi connectivity index (χ3n) is 7.72. The van der Waals surface area contributed by atoms with Crippen LogP contribution in [0.5, 0.6) is 0 Å². The molecule has 6 nitrogen and oxygen atoms in total. The topological polar surface area (TPSA) is 85.6 Å². The van der Waals surface area contributed by atoms with E-state index in [4.69, 9.17) is 4.74 Å². The van der Waals surface area contributed by atoms with Crippen LogP contribution in [0.3, 0.4) is 0 Å². The third kappa shape index (κ3) is 5.27. The number of fused-ring (bicyclic) bond motifs is 1. The summed E-state index contributed by atoms with van der Waals surface area (Å²) in [5, 5.41) is 24.8. The number of anilines is 1. The molecule has 4 unspecified atom stereocenters. The monoisotopic (exact) mass is 461 g/mol. The van der Waals surface area contributed by atoms with E-state index in [9.17, 15) is 15.2 Å². The number of piperidine rings is 1. The van der Waals surface area contributed by atoms with Crippen LogP contribution in [0.15, 0.2) is 42.0 Å². The first-order chi connectivity index (χ1) is 16.4. The van der Waals surface area contributed by atoms with E-state index in [1.165, 1.54) is 24.9 Å². The largest absolute Gasteiger partial charge is 0.372 e. The van der Waals surface area contributed by atoms with Crippen molar-refractivity contribution in [1.82, 2.24) is 5.32 Å². The van der Waals surface area contributed by atoms with Crippen LogP contribution in [0.2, 0.25) is 0 Å². The van der Waals surface area contributed by atoms with Gasteiger partial charge in [-0.05, 0) is 71.7 Å². The van der Waals surface area contributed by atoms with E-state index >= 15 is 0 Å². The number of ether oxygens (including phenoxy) is 1. The quantitative estimate of drug-likeness (QED) is 0.507. The van der Waals surface area contributed by atoms with Crippen molar-refractivity contribution in [2.24, 2.45) is 17.8 Å². The molecule has 2 heterocycles. The Hall–Kier alpha value is -2.88. The first-order valence-electron chi connectivity index (χ1n) is 12.4. The zero-order chi connectivity index (χ0) is 24.2. The summed E-state index contributed by atoms with van der Waals surface area (Å²) in [7, 11) is 0. The van der Waals surface area contributed by atoms with E-state index in [1.54, 1.807) is 6.08 Å². The maximum absolute atomic E-state index is 12.7. The first-order valence-corrected chi connectivity index (χ1v) is 12.4. The number of nitrogens with one attached hydrogen (secondary N) is 1. The zero-order valence-electron chi connectivity index (χ0n) is 20.3. The molecule has 0 radical (unpaired) electrons. The Kier molecular flexibility index (Phi) is 7.55. The van der Waals surface area contributed by atoms with Crippen molar-refractivity contribution in [2.75, 3.05) is 24.5 Å². The second-order valence-corrected chi connectivity index (χ2v) is 9.86. The number of amides is 1. The maximum Gasteiger partial charge on any atom is 0.262 e. The van der Waals surface area contributed by atoms with Crippen LogP contribution in [0.4, 0.5) is 5.69 Å². The molecule has 2 aromatic rings. The average Bonchev–Trinajstić information content (AvgIpc) is 2.87. The second-order valence-electron chi connectivity index (χ2n) is 9.86. The van der Waals surface area contributed by atoms with Gasteiger partial charge >= 0.3 is 0 Å². The summed E-state index contributed by atoms with van der Waals surface area (Å²) in [6.07, 6.45) is 4.28. The number of hydrogen-bond acceptors (Lipinski definition) is 5. The molecule has 6 heteroatoms. The molecular formula is C28H35N3O3. The highest BCUT2D eigenvalue weighted by atomic mass is 16.6. The lowest BCUT2D eigenvalue weighted by Gasteiger charge is -2.41. The Morgan fingerprint density at radius 3 is 2.53 bits per heavy atom. The molecule has 0 saturated carbocycles. The smallest absolute Gasteiger partial charge is 0.262 e. The van der Waals surface area contributed by atoms with Gasteiger partial charge < -0.3 is 20.1 Å². The minimum absolute atomic E-state index is 0.0420. The van der Waals surface area contributed by atoms with Crippen LogP contribution in [-0.2, 0) is 9.53 Å². The molecule has 0 bridgehead atoms. The van der Waals surface area contributed by atoms with Crippen molar-refractivity contribution in [3.05, 3.63) is 47.5 Å². The van der Waals surface area contributed by atoms with Crippen molar-refractivity contribution >= 4 is 28.4 Å². The van der Waals surface area contributed by atoms with E-state index in [1.807, 2.05) is 31.2 Å². The van der Waals surface area contributed by atoms with Crippen molar-refractivity contribution in [3.63, 3.8) is 0 Å². The van der Waals surface area contributed by atoms with Gasteiger partial charge in [0.2, 0.25) is 0 Å². The molecule has 2 aliphatic heterocycles. The van der Waals surface area contributed by atoms with Gasteiger partial charge in [0.15, 0.2) is 6.29 Å². The van der Waals surface area contributed by atoms with Gasteiger partial charge in [-0.25, -0.2) is 0 Å². The van der Waals surface area contributed by atoms with Crippen molar-refractivity contribution in [1.29, 1.82) is 5.26 Å². The lowest BCUT2D eigenvalue weighted by molar-refractivity contribution is -0.222. The zero-order valence-corrected chi connectivity index (χ0v) is 20.3.